The summed E-state index contributed by atoms with van der Waals surface area (Å²) in [5.74, 6) is 0.761. The normalized spacial score (nSPS) is 13.8. The summed E-state index contributed by atoms with van der Waals surface area (Å²) in [6, 6.07) is 1.21. The van der Waals surface area contributed by atoms with E-state index >= 15 is 0 Å². The number of unbranched alkanes of at least 4 members (excludes halogenated alkanes) is 1. The van der Waals surface area contributed by atoms with Crippen molar-refractivity contribution in [2.45, 2.75) is 79.3 Å². The molecule has 0 bridgehead atoms. The minimum absolute atomic E-state index is 0.607. The molecule has 110 valence electrons. The molecule has 0 aromatic carbocycles. The fourth-order valence-corrected chi connectivity index (χ4v) is 2.43. The van der Waals surface area contributed by atoms with Crippen molar-refractivity contribution in [3.8, 4) is 0 Å². The summed E-state index contributed by atoms with van der Waals surface area (Å²) in [5.41, 5.74) is 0. The Morgan fingerprint density at radius 3 is 2.06 bits per heavy atom. The topological polar surface area (TPSA) is 12.5 Å². The molecule has 2 heteroatoms. The molecule has 0 aromatic rings. The van der Waals surface area contributed by atoms with E-state index in [1.165, 1.54) is 25.7 Å². The Hall–Kier alpha value is -0.0800. The molecule has 0 amide bonds. The summed E-state index contributed by atoms with van der Waals surface area (Å²) in [5, 5.41) is 0. The highest BCUT2D eigenvalue weighted by molar-refractivity contribution is 4.67. The third-order valence-electron chi connectivity index (χ3n) is 3.72. The highest BCUT2D eigenvalue weighted by Crippen LogP contribution is 2.13. The molecule has 1 atom stereocenters. The zero-order valence-electron chi connectivity index (χ0n) is 13.5. The van der Waals surface area contributed by atoms with Crippen LogP contribution in [0.4, 0.5) is 0 Å². The van der Waals surface area contributed by atoms with Gasteiger partial charge in [-0.15, -0.1) is 0 Å². The van der Waals surface area contributed by atoms with E-state index in [2.05, 4.69) is 46.4 Å². The van der Waals surface area contributed by atoms with Crippen molar-refractivity contribution >= 4 is 0 Å². The Morgan fingerprint density at radius 1 is 1.00 bits per heavy atom. The average molecular weight is 257 g/mol. The van der Waals surface area contributed by atoms with Crippen LogP contribution in [0.15, 0.2) is 0 Å². The summed E-state index contributed by atoms with van der Waals surface area (Å²) in [6.45, 7) is 16.5. The lowest BCUT2D eigenvalue weighted by Crippen LogP contribution is -2.39. The lowest BCUT2D eigenvalue weighted by atomic mass is 10.0. The summed E-state index contributed by atoms with van der Waals surface area (Å²) in [6.07, 6.45) is 5.21. The van der Waals surface area contributed by atoms with Crippen LogP contribution in [0.2, 0.25) is 0 Å². The first-order valence-electron chi connectivity index (χ1n) is 7.86. The van der Waals surface area contributed by atoms with Gasteiger partial charge in [-0.2, -0.15) is 0 Å². The fraction of sp³-hybridized carbons (Fsp3) is 1.00. The van der Waals surface area contributed by atoms with Crippen molar-refractivity contribution in [2.75, 3.05) is 19.8 Å². The number of ether oxygens (including phenoxy) is 1. The molecule has 0 fully saturated rings. The third kappa shape index (κ3) is 8.10. The molecule has 0 rings (SSSR count). The molecular weight excluding hydrogens is 222 g/mol. The van der Waals surface area contributed by atoms with Crippen molar-refractivity contribution in [2.24, 2.45) is 5.92 Å². The van der Waals surface area contributed by atoms with Gasteiger partial charge < -0.3 is 4.74 Å². The van der Waals surface area contributed by atoms with Crippen LogP contribution >= 0.6 is 0 Å². The number of hydrogen-bond acceptors (Lipinski definition) is 2. The quantitative estimate of drug-likeness (QED) is 0.511. The van der Waals surface area contributed by atoms with Gasteiger partial charge in [0, 0.05) is 25.2 Å². The molecule has 0 radical (unpaired) electrons. The van der Waals surface area contributed by atoms with Crippen LogP contribution in [0.1, 0.15) is 67.2 Å². The van der Waals surface area contributed by atoms with E-state index in [0.29, 0.717) is 12.1 Å². The molecule has 0 saturated carbocycles. The summed E-state index contributed by atoms with van der Waals surface area (Å²) < 4.78 is 5.87. The second kappa shape index (κ2) is 10.8. The largest absolute Gasteiger partial charge is 0.380 e. The lowest BCUT2D eigenvalue weighted by Gasteiger charge is -2.30. The van der Waals surface area contributed by atoms with E-state index in [-0.39, 0.29) is 0 Å². The maximum atomic E-state index is 5.87. The zero-order chi connectivity index (χ0) is 14.0. The Bertz CT molecular complexity index is 172. The third-order valence-corrected chi connectivity index (χ3v) is 3.72. The predicted octanol–water partition coefficient (Wildman–Crippen LogP) is 4.34. The molecule has 18 heavy (non-hydrogen) atoms. The smallest absolute Gasteiger partial charge is 0.0593 e. The SMILES string of the molecule is CCCC[C@@H](CC)COCCN(C(C)C)C(C)C. The number of rotatable bonds is 11. The van der Waals surface area contributed by atoms with Crippen molar-refractivity contribution in [3.05, 3.63) is 0 Å². The van der Waals surface area contributed by atoms with Gasteiger partial charge in [0.2, 0.25) is 0 Å². The molecule has 0 N–H and O–H groups in total. The standard InChI is InChI=1S/C16H35NO/c1-7-9-10-16(8-2)13-18-12-11-17(14(3)4)15(5)6/h14-16H,7-13H2,1-6H3/t16-/m1/s1. The molecule has 0 heterocycles. The number of nitrogens with zero attached hydrogens (tertiary/aromatic N) is 1. The Morgan fingerprint density at radius 2 is 1.61 bits per heavy atom. The first kappa shape index (κ1) is 17.9. The van der Waals surface area contributed by atoms with Crippen LogP contribution in [-0.2, 0) is 4.74 Å². The summed E-state index contributed by atoms with van der Waals surface area (Å²) in [4.78, 5) is 2.49. The monoisotopic (exact) mass is 257 g/mol. The van der Waals surface area contributed by atoms with Crippen molar-refractivity contribution in [1.29, 1.82) is 0 Å². The van der Waals surface area contributed by atoms with Gasteiger partial charge in [0.1, 0.15) is 0 Å². The van der Waals surface area contributed by atoms with Gasteiger partial charge in [-0.1, -0.05) is 33.1 Å². The summed E-state index contributed by atoms with van der Waals surface area (Å²) in [7, 11) is 0. The van der Waals surface area contributed by atoms with Crippen LogP contribution < -0.4 is 0 Å². The van der Waals surface area contributed by atoms with Gasteiger partial charge in [0.25, 0.3) is 0 Å². The highest BCUT2D eigenvalue weighted by Gasteiger charge is 2.13. The summed E-state index contributed by atoms with van der Waals surface area (Å²) >= 11 is 0. The van der Waals surface area contributed by atoms with Gasteiger partial charge in [0.15, 0.2) is 0 Å². The molecule has 0 saturated heterocycles. The van der Waals surface area contributed by atoms with Crippen molar-refractivity contribution in [1.82, 2.24) is 4.90 Å². The maximum absolute atomic E-state index is 5.87. The molecule has 2 nitrogen and oxygen atoms in total. The van der Waals surface area contributed by atoms with E-state index < -0.39 is 0 Å². The van der Waals surface area contributed by atoms with Gasteiger partial charge in [-0.25, -0.2) is 0 Å². The van der Waals surface area contributed by atoms with Crippen LogP contribution in [0.25, 0.3) is 0 Å². The zero-order valence-corrected chi connectivity index (χ0v) is 13.5. The molecule has 0 spiro atoms. The fourth-order valence-electron chi connectivity index (χ4n) is 2.43. The Balaban J connectivity index is 3.75. The molecule has 0 aromatic heterocycles. The Labute approximate surface area is 115 Å². The van der Waals surface area contributed by atoms with Crippen LogP contribution in [-0.4, -0.2) is 36.7 Å². The first-order valence-corrected chi connectivity index (χ1v) is 7.86. The molecule has 0 aliphatic carbocycles. The number of hydrogen-bond donors (Lipinski definition) is 0. The minimum Gasteiger partial charge on any atom is -0.380 e. The van der Waals surface area contributed by atoms with Gasteiger partial charge >= 0.3 is 0 Å². The maximum Gasteiger partial charge on any atom is 0.0593 e. The van der Waals surface area contributed by atoms with Gasteiger partial charge in [-0.3, -0.25) is 4.90 Å². The van der Waals surface area contributed by atoms with E-state index in [1.807, 2.05) is 0 Å². The van der Waals surface area contributed by atoms with E-state index in [0.717, 1.165) is 25.7 Å². The van der Waals surface area contributed by atoms with Gasteiger partial charge in [-0.05, 0) is 40.0 Å². The average Bonchev–Trinajstić information content (AvgIpc) is 2.31. The minimum atomic E-state index is 0.607. The molecule has 0 unspecified atom stereocenters. The van der Waals surface area contributed by atoms with Crippen LogP contribution in [0, 0.1) is 5.92 Å². The highest BCUT2D eigenvalue weighted by atomic mass is 16.5. The lowest BCUT2D eigenvalue weighted by molar-refractivity contribution is 0.0564. The van der Waals surface area contributed by atoms with E-state index in [1.54, 1.807) is 0 Å². The molecule has 0 aliphatic heterocycles. The Kier molecular flexibility index (Phi) is 10.8. The van der Waals surface area contributed by atoms with Gasteiger partial charge in [0.05, 0.1) is 6.61 Å². The molecular formula is C16H35NO. The van der Waals surface area contributed by atoms with E-state index in [9.17, 15) is 0 Å². The molecule has 0 aliphatic rings. The van der Waals surface area contributed by atoms with Crippen molar-refractivity contribution < 1.29 is 4.74 Å². The predicted molar refractivity (Wildman–Crippen MR) is 81.1 cm³/mol. The second-order valence-corrected chi connectivity index (χ2v) is 5.92. The van der Waals surface area contributed by atoms with E-state index in [4.69, 9.17) is 4.74 Å². The first-order chi connectivity index (χ1) is 8.52. The van der Waals surface area contributed by atoms with Crippen LogP contribution in [0.5, 0.6) is 0 Å². The van der Waals surface area contributed by atoms with Crippen molar-refractivity contribution in [3.63, 3.8) is 0 Å². The second-order valence-electron chi connectivity index (χ2n) is 5.92. The van der Waals surface area contributed by atoms with Crippen LogP contribution in [0.3, 0.4) is 0 Å².